The Morgan fingerprint density at radius 2 is 1.95 bits per heavy atom. The summed E-state index contributed by atoms with van der Waals surface area (Å²) >= 11 is 0. The number of fused-ring (bicyclic) bond motifs is 1. The van der Waals surface area contributed by atoms with Crippen LogP contribution < -0.4 is 4.90 Å². The molecule has 0 unspecified atom stereocenters. The molecule has 0 aliphatic carbocycles. The number of unbranched alkanes of at least 4 members (excludes halogenated alkanes) is 2. The molecule has 0 saturated heterocycles. The van der Waals surface area contributed by atoms with Gasteiger partial charge in [0.1, 0.15) is 0 Å². The average Bonchev–Trinajstić information content (AvgIpc) is 2.43. The predicted octanol–water partition coefficient (Wildman–Crippen LogP) is 2.08. The largest absolute Gasteiger partial charge is 0.427 e. The highest BCUT2D eigenvalue weighted by Crippen LogP contribution is 2.26. The number of benzene rings is 1. The van der Waals surface area contributed by atoms with E-state index in [-0.39, 0.29) is 0 Å². The van der Waals surface area contributed by atoms with Crippen molar-refractivity contribution in [2.45, 2.75) is 26.2 Å². The predicted molar refractivity (Wildman–Crippen MR) is 71.3 cm³/mol. The summed E-state index contributed by atoms with van der Waals surface area (Å²) in [6.07, 6.45) is 2.90. The molecule has 1 amide bonds. The fraction of sp³-hybridized carbons (Fsp3) is 0.357. The number of hydrogen-bond donors (Lipinski definition) is 0. The van der Waals surface area contributed by atoms with E-state index >= 15 is 0 Å². The number of rotatable bonds is 4. The molecule has 0 radical (unpaired) electrons. The van der Waals surface area contributed by atoms with Gasteiger partial charge < -0.3 is 10.4 Å². The van der Waals surface area contributed by atoms with E-state index in [1.165, 1.54) is 4.90 Å². The SMILES string of the molecule is CCCCCN1C(=O)C(=[N+]=[N-])C(=O)c2ccccc21. The van der Waals surface area contributed by atoms with Gasteiger partial charge in [-0.2, -0.15) is 4.79 Å². The molecule has 1 aliphatic heterocycles. The summed E-state index contributed by atoms with van der Waals surface area (Å²) in [5.74, 6) is -1.04. The topological polar surface area (TPSA) is 73.8 Å². The van der Waals surface area contributed by atoms with Crippen LogP contribution in [0, 0.1) is 0 Å². The third-order valence-electron chi connectivity index (χ3n) is 3.19. The van der Waals surface area contributed by atoms with E-state index in [4.69, 9.17) is 5.53 Å². The van der Waals surface area contributed by atoms with Gasteiger partial charge in [0.05, 0.1) is 11.3 Å². The molecule has 0 spiro atoms. The van der Waals surface area contributed by atoms with Crippen molar-refractivity contribution in [2.24, 2.45) is 0 Å². The molecule has 0 bridgehead atoms. The van der Waals surface area contributed by atoms with Crippen molar-refractivity contribution in [1.29, 1.82) is 0 Å². The summed E-state index contributed by atoms with van der Waals surface area (Å²) in [6.45, 7) is 2.60. The van der Waals surface area contributed by atoms with Gasteiger partial charge in [0.2, 0.25) is 0 Å². The highest BCUT2D eigenvalue weighted by molar-refractivity contribution is 6.71. The van der Waals surface area contributed by atoms with E-state index < -0.39 is 17.4 Å². The second kappa shape index (κ2) is 5.59. The summed E-state index contributed by atoms with van der Waals surface area (Å²) in [5.41, 5.74) is 9.47. The Hall–Kier alpha value is -2.26. The number of ketones is 1. The minimum atomic E-state index is -0.526. The van der Waals surface area contributed by atoms with Gasteiger partial charge in [-0.3, -0.25) is 9.59 Å². The Balaban J connectivity index is 2.41. The van der Waals surface area contributed by atoms with Crippen molar-refractivity contribution in [1.82, 2.24) is 0 Å². The molecule has 1 aromatic carbocycles. The molecular weight excluding hydrogens is 242 g/mol. The number of carbonyl (C=O) groups is 2. The number of carbonyl (C=O) groups excluding carboxylic acids is 2. The van der Waals surface area contributed by atoms with Crippen LogP contribution in [0.3, 0.4) is 0 Å². The minimum absolute atomic E-state index is 0.407. The van der Waals surface area contributed by atoms with E-state index in [0.717, 1.165) is 19.3 Å². The normalized spacial score (nSPS) is 14.4. The number of amides is 1. The first-order chi connectivity index (χ1) is 9.20. The van der Waals surface area contributed by atoms with Crippen molar-refractivity contribution in [2.75, 3.05) is 11.4 Å². The molecule has 0 N–H and O–H groups in total. The van der Waals surface area contributed by atoms with Crippen molar-refractivity contribution in [3.63, 3.8) is 0 Å². The van der Waals surface area contributed by atoms with Crippen LogP contribution in [0.15, 0.2) is 24.3 Å². The van der Waals surface area contributed by atoms with Gasteiger partial charge in [-0.1, -0.05) is 31.9 Å². The molecule has 0 fully saturated rings. The summed E-state index contributed by atoms with van der Waals surface area (Å²) in [5, 5.41) is 0. The summed E-state index contributed by atoms with van der Waals surface area (Å²) in [6, 6.07) is 6.90. The van der Waals surface area contributed by atoms with Gasteiger partial charge in [-0.05, 0) is 18.6 Å². The summed E-state index contributed by atoms with van der Waals surface area (Å²) < 4.78 is 0. The van der Waals surface area contributed by atoms with Crippen molar-refractivity contribution in [3.05, 3.63) is 35.4 Å². The first-order valence-corrected chi connectivity index (χ1v) is 6.38. The maximum atomic E-state index is 12.1. The second-order valence-corrected chi connectivity index (χ2v) is 4.46. The van der Waals surface area contributed by atoms with E-state index in [2.05, 4.69) is 11.7 Å². The summed E-state index contributed by atoms with van der Waals surface area (Å²) in [4.78, 5) is 28.5. The Morgan fingerprint density at radius 3 is 2.63 bits per heavy atom. The highest BCUT2D eigenvalue weighted by atomic mass is 16.2. The van der Waals surface area contributed by atoms with Crippen molar-refractivity contribution < 1.29 is 14.4 Å². The van der Waals surface area contributed by atoms with Crippen molar-refractivity contribution in [3.8, 4) is 0 Å². The van der Waals surface area contributed by atoms with E-state index in [1.54, 1.807) is 24.3 Å². The Bertz CT molecular complexity index is 574. The minimum Gasteiger partial charge on any atom is -0.360 e. The lowest BCUT2D eigenvalue weighted by Crippen LogP contribution is -2.46. The zero-order valence-electron chi connectivity index (χ0n) is 10.8. The van der Waals surface area contributed by atoms with E-state index in [9.17, 15) is 9.59 Å². The van der Waals surface area contributed by atoms with Crippen LogP contribution in [0.5, 0.6) is 0 Å². The molecular formula is C14H15N3O2. The number of nitrogens with zero attached hydrogens (tertiary/aromatic N) is 3. The monoisotopic (exact) mass is 257 g/mol. The molecule has 5 nitrogen and oxygen atoms in total. The Kier molecular flexibility index (Phi) is 3.88. The average molecular weight is 257 g/mol. The van der Waals surface area contributed by atoms with Crippen LogP contribution in [0.2, 0.25) is 0 Å². The Labute approximate surface area is 111 Å². The number of Topliss-reactive ketones (excluding diaryl/α,β-unsaturated/α-hetero) is 1. The lowest BCUT2D eigenvalue weighted by molar-refractivity contribution is -0.116. The van der Waals surface area contributed by atoms with E-state index in [0.29, 0.717) is 17.8 Å². The zero-order chi connectivity index (χ0) is 13.8. The number of hydrogen-bond acceptors (Lipinski definition) is 2. The standard InChI is InChI=1S/C14H15N3O2/c1-2-3-6-9-17-11-8-5-4-7-10(11)13(18)12(16-15)14(17)19/h4-5,7-8H,2-3,6,9H2,1H3. The Morgan fingerprint density at radius 1 is 1.21 bits per heavy atom. The molecule has 2 rings (SSSR count). The van der Waals surface area contributed by atoms with Gasteiger partial charge >= 0.3 is 11.6 Å². The van der Waals surface area contributed by atoms with Crippen LogP contribution in [-0.2, 0) is 4.79 Å². The molecule has 0 saturated carbocycles. The van der Waals surface area contributed by atoms with Crippen LogP contribution in [0.4, 0.5) is 5.69 Å². The quantitative estimate of drug-likeness (QED) is 0.470. The fourth-order valence-electron chi connectivity index (χ4n) is 2.19. The molecule has 1 aromatic rings. The van der Waals surface area contributed by atoms with Crippen LogP contribution in [0.25, 0.3) is 5.53 Å². The van der Waals surface area contributed by atoms with Crippen LogP contribution in [0.1, 0.15) is 36.5 Å². The number of para-hydroxylation sites is 1. The van der Waals surface area contributed by atoms with E-state index in [1.807, 2.05) is 0 Å². The molecule has 98 valence electrons. The lowest BCUT2D eigenvalue weighted by Gasteiger charge is -2.25. The molecule has 0 atom stereocenters. The molecule has 0 aromatic heterocycles. The third-order valence-corrected chi connectivity index (χ3v) is 3.19. The van der Waals surface area contributed by atoms with Gasteiger partial charge in [-0.25, -0.2) is 0 Å². The highest BCUT2D eigenvalue weighted by Gasteiger charge is 2.42. The second-order valence-electron chi connectivity index (χ2n) is 4.46. The van der Waals surface area contributed by atoms with Crippen LogP contribution in [-0.4, -0.2) is 28.7 Å². The van der Waals surface area contributed by atoms with Gasteiger partial charge in [0.15, 0.2) is 0 Å². The first kappa shape index (κ1) is 13.2. The molecule has 19 heavy (non-hydrogen) atoms. The maximum absolute atomic E-state index is 12.1. The maximum Gasteiger partial charge on any atom is 0.427 e. The first-order valence-electron chi connectivity index (χ1n) is 6.38. The van der Waals surface area contributed by atoms with Gasteiger partial charge in [0.25, 0.3) is 5.78 Å². The lowest BCUT2D eigenvalue weighted by atomic mass is 9.98. The fourth-order valence-corrected chi connectivity index (χ4v) is 2.19. The molecule has 1 aliphatic rings. The number of anilines is 1. The molecule has 5 heteroatoms. The van der Waals surface area contributed by atoms with Crippen LogP contribution >= 0.6 is 0 Å². The smallest absolute Gasteiger partial charge is 0.360 e. The third kappa shape index (κ3) is 2.33. The van der Waals surface area contributed by atoms with Crippen molar-refractivity contribution >= 4 is 23.1 Å². The summed E-state index contributed by atoms with van der Waals surface area (Å²) in [7, 11) is 0. The van der Waals surface area contributed by atoms with Gasteiger partial charge in [0, 0.05) is 6.54 Å². The zero-order valence-corrected chi connectivity index (χ0v) is 10.8. The van der Waals surface area contributed by atoms with Gasteiger partial charge in [-0.15, -0.1) is 0 Å². The molecule has 1 heterocycles.